The first-order chi connectivity index (χ1) is 7.30. The fraction of sp³-hybridized carbons (Fsp3) is 1.00. The Balaban J connectivity index is 2.29. The molecule has 0 amide bonds. The zero-order valence-corrected chi connectivity index (χ0v) is 10.6. The Morgan fingerprint density at radius 3 is 2.73 bits per heavy atom. The van der Waals surface area contributed by atoms with E-state index in [0.29, 0.717) is 12.1 Å². The van der Waals surface area contributed by atoms with E-state index in [-0.39, 0.29) is 0 Å². The topological polar surface area (TPSA) is 21.3 Å². The number of rotatable bonds is 6. The average Bonchev–Trinajstić information content (AvgIpc) is 2.29. The third-order valence-corrected chi connectivity index (χ3v) is 3.56. The van der Waals surface area contributed by atoms with Crippen LogP contribution in [-0.2, 0) is 4.74 Å². The largest absolute Gasteiger partial charge is 0.381 e. The molecule has 1 aliphatic carbocycles. The molecule has 2 heteroatoms. The second-order valence-corrected chi connectivity index (χ2v) is 4.78. The van der Waals surface area contributed by atoms with E-state index < -0.39 is 0 Å². The molecule has 1 N–H and O–H groups in total. The van der Waals surface area contributed by atoms with Crippen molar-refractivity contribution in [2.45, 2.75) is 77.0 Å². The third-order valence-electron chi connectivity index (χ3n) is 3.56. The fourth-order valence-corrected chi connectivity index (χ4v) is 2.60. The predicted octanol–water partition coefficient (Wildman–Crippen LogP) is 3.11. The Hall–Kier alpha value is -0.0800. The molecule has 0 aromatic rings. The maximum Gasteiger partial charge on any atom is 0.0586 e. The van der Waals surface area contributed by atoms with Gasteiger partial charge in [-0.3, -0.25) is 0 Å². The first kappa shape index (κ1) is 13.0. The minimum Gasteiger partial charge on any atom is -0.381 e. The molecule has 1 fully saturated rings. The first-order valence-corrected chi connectivity index (χ1v) is 6.59. The van der Waals surface area contributed by atoms with Crippen molar-refractivity contribution in [2.24, 2.45) is 0 Å². The zero-order chi connectivity index (χ0) is 11.1. The van der Waals surface area contributed by atoms with Crippen LogP contribution in [0.15, 0.2) is 0 Å². The molecule has 2 nitrogen and oxygen atoms in total. The van der Waals surface area contributed by atoms with Gasteiger partial charge in [0.05, 0.1) is 6.10 Å². The van der Waals surface area contributed by atoms with E-state index in [1.165, 1.54) is 44.9 Å². The molecular weight excluding hydrogens is 186 g/mol. The van der Waals surface area contributed by atoms with Gasteiger partial charge in [0, 0.05) is 19.2 Å². The van der Waals surface area contributed by atoms with Crippen molar-refractivity contribution >= 4 is 0 Å². The smallest absolute Gasteiger partial charge is 0.0586 e. The molecule has 1 aliphatic rings. The van der Waals surface area contributed by atoms with Crippen LogP contribution in [0.25, 0.3) is 0 Å². The van der Waals surface area contributed by atoms with Crippen molar-refractivity contribution in [3.05, 3.63) is 0 Å². The standard InChI is InChI=1S/C13H27NO/c1-4-7-11(5-2)14-12-8-6-9-13(10-12)15-3/h11-14H,4-10H2,1-3H3. The molecular formula is C13H27NO. The number of hydrogen-bond acceptors (Lipinski definition) is 2. The van der Waals surface area contributed by atoms with Crippen LogP contribution >= 0.6 is 0 Å². The Morgan fingerprint density at radius 2 is 2.13 bits per heavy atom. The van der Waals surface area contributed by atoms with Crippen LogP contribution in [0.3, 0.4) is 0 Å². The summed E-state index contributed by atoms with van der Waals surface area (Å²) in [5.74, 6) is 0. The maximum absolute atomic E-state index is 5.46. The van der Waals surface area contributed by atoms with Crippen molar-refractivity contribution < 1.29 is 4.74 Å². The Morgan fingerprint density at radius 1 is 1.33 bits per heavy atom. The summed E-state index contributed by atoms with van der Waals surface area (Å²) in [4.78, 5) is 0. The Kier molecular flexibility index (Phi) is 6.26. The molecule has 0 aromatic heterocycles. The van der Waals surface area contributed by atoms with E-state index >= 15 is 0 Å². The molecule has 0 heterocycles. The summed E-state index contributed by atoms with van der Waals surface area (Å²) in [5.41, 5.74) is 0. The highest BCUT2D eigenvalue weighted by atomic mass is 16.5. The van der Waals surface area contributed by atoms with Gasteiger partial charge in [-0.1, -0.05) is 20.3 Å². The lowest BCUT2D eigenvalue weighted by atomic mass is 9.91. The molecule has 15 heavy (non-hydrogen) atoms. The van der Waals surface area contributed by atoms with Crippen LogP contribution in [0, 0.1) is 0 Å². The number of methoxy groups -OCH3 is 1. The molecule has 90 valence electrons. The van der Waals surface area contributed by atoms with Crippen LogP contribution in [0.4, 0.5) is 0 Å². The highest BCUT2D eigenvalue weighted by molar-refractivity contribution is 4.81. The molecule has 0 bridgehead atoms. The Bertz CT molecular complexity index is 161. The third kappa shape index (κ3) is 4.52. The monoisotopic (exact) mass is 213 g/mol. The Labute approximate surface area is 94.8 Å². The van der Waals surface area contributed by atoms with Gasteiger partial charge in [-0.25, -0.2) is 0 Å². The van der Waals surface area contributed by atoms with E-state index in [9.17, 15) is 0 Å². The van der Waals surface area contributed by atoms with E-state index in [4.69, 9.17) is 4.74 Å². The highest BCUT2D eigenvalue weighted by Gasteiger charge is 2.22. The van der Waals surface area contributed by atoms with Gasteiger partial charge in [-0.05, 0) is 38.5 Å². The summed E-state index contributed by atoms with van der Waals surface area (Å²) in [6, 6.07) is 1.41. The number of nitrogens with one attached hydrogen (secondary N) is 1. The van der Waals surface area contributed by atoms with Gasteiger partial charge in [0.2, 0.25) is 0 Å². The minimum atomic E-state index is 0.496. The first-order valence-electron chi connectivity index (χ1n) is 6.59. The zero-order valence-electron chi connectivity index (χ0n) is 10.6. The summed E-state index contributed by atoms with van der Waals surface area (Å²) >= 11 is 0. The summed E-state index contributed by atoms with van der Waals surface area (Å²) in [6.07, 6.45) is 9.45. The lowest BCUT2D eigenvalue weighted by Gasteiger charge is -2.32. The van der Waals surface area contributed by atoms with Gasteiger partial charge in [0.1, 0.15) is 0 Å². The normalized spacial score (nSPS) is 29.0. The molecule has 0 radical (unpaired) electrons. The maximum atomic E-state index is 5.46. The van der Waals surface area contributed by atoms with Crippen molar-refractivity contribution in [1.29, 1.82) is 0 Å². The van der Waals surface area contributed by atoms with E-state index in [1.54, 1.807) is 0 Å². The molecule has 1 saturated carbocycles. The molecule has 3 atom stereocenters. The van der Waals surface area contributed by atoms with Crippen LogP contribution < -0.4 is 5.32 Å². The van der Waals surface area contributed by atoms with E-state index in [2.05, 4.69) is 19.2 Å². The quantitative estimate of drug-likeness (QED) is 0.732. The van der Waals surface area contributed by atoms with Gasteiger partial charge >= 0.3 is 0 Å². The van der Waals surface area contributed by atoms with Crippen molar-refractivity contribution in [3.63, 3.8) is 0 Å². The lowest BCUT2D eigenvalue weighted by Crippen LogP contribution is -2.42. The van der Waals surface area contributed by atoms with Gasteiger partial charge in [-0.15, -0.1) is 0 Å². The van der Waals surface area contributed by atoms with E-state index in [0.717, 1.165) is 6.04 Å². The van der Waals surface area contributed by atoms with E-state index in [1.807, 2.05) is 7.11 Å². The SMILES string of the molecule is CCCC(CC)NC1CCCC(OC)C1. The molecule has 0 aromatic carbocycles. The summed E-state index contributed by atoms with van der Waals surface area (Å²) in [5, 5.41) is 3.79. The second-order valence-electron chi connectivity index (χ2n) is 4.78. The molecule has 1 rings (SSSR count). The summed E-state index contributed by atoms with van der Waals surface area (Å²) in [6.45, 7) is 4.55. The van der Waals surface area contributed by atoms with Gasteiger partial charge < -0.3 is 10.1 Å². The minimum absolute atomic E-state index is 0.496. The average molecular weight is 213 g/mol. The van der Waals surface area contributed by atoms with Crippen molar-refractivity contribution in [1.82, 2.24) is 5.32 Å². The summed E-state index contributed by atoms with van der Waals surface area (Å²) < 4.78 is 5.46. The number of ether oxygens (including phenoxy) is 1. The molecule has 3 unspecified atom stereocenters. The predicted molar refractivity (Wildman–Crippen MR) is 65.2 cm³/mol. The molecule has 0 saturated heterocycles. The fourth-order valence-electron chi connectivity index (χ4n) is 2.60. The summed E-state index contributed by atoms with van der Waals surface area (Å²) in [7, 11) is 1.84. The van der Waals surface area contributed by atoms with Crippen molar-refractivity contribution in [3.8, 4) is 0 Å². The lowest BCUT2D eigenvalue weighted by molar-refractivity contribution is 0.0565. The van der Waals surface area contributed by atoms with Gasteiger partial charge in [0.15, 0.2) is 0 Å². The van der Waals surface area contributed by atoms with Crippen LogP contribution in [0.5, 0.6) is 0 Å². The molecule has 0 aliphatic heterocycles. The highest BCUT2D eigenvalue weighted by Crippen LogP contribution is 2.21. The van der Waals surface area contributed by atoms with Crippen LogP contribution in [0.2, 0.25) is 0 Å². The second kappa shape index (κ2) is 7.24. The van der Waals surface area contributed by atoms with Crippen molar-refractivity contribution in [2.75, 3.05) is 7.11 Å². The number of hydrogen-bond donors (Lipinski definition) is 1. The van der Waals surface area contributed by atoms with Gasteiger partial charge in [-0.2, -0.15) is 0 Å². The molecule has 0 spiro atoms. The van der Waals surface area contributed by atoms with Crippen LogP contribution in [-0.4, -0.2) is 25.3 Å². The van der Waals surface area contributed by atoms with Gasteiger partial charge in [0.25, 0.3) is 0 Å². The van der Waals surface area contributed by atoms with Crippen LogP contribution in [0.1, 0.15) is 58.8 Å².